The number of pyridine rings is 2. The van der Waals surface area contributed by atoms with Gasteiger partial charge in [-0.05, 0) is 42.8 Å². The van der Waals surface area contributed by atoms with Crippen LogP contribution < -0.4 is 10.6 Å². The van der Waals surface area contributed by atoms with E-state index in [9.17, 15) is 0 Å². The first-order chi connectivity index (χ1) is 14.2. The molecule has 1 aliphatic heterocycles. The molecule has 146 valence electrons. The Hall–Kier alpha value is -2.42. The van der Waals surface area contributed by atoms with Crippen LogP contribution in [0.4, 0.5) is 5.82 Å². The lowest BCUT2D eigenvalue weighted by atomic mass is 10.1. The zero-order valence-corrected chi connectivity index (χ0v) is 17.0. The SMILES string of the molecule is NC1CN(c2nc(Sc3cnc4cccnc4c3)nc3[nH]c(C4CC4)c(Cl)c23)C1. The van der Waals surface area contributed by atoms with E-state index in [1.807, 2.05) is 24.4 Å². The Morgan fingerprint density at radius 1 is 1.17 bits per heavy atom. The third kappa shape index (κ3) is 3.02. The van der Waals surface area contributed by atoms with Gasteiger partial charge in [0.2, 0.25) is 0 Å². The number of nitrogens with one attached hydrogen (secondary N) is 1. The largest absolute Gasteiger partial charge is 0.353 e. The number of H-pyrrole nitrogens is 1. The smallest absolute Gasteiger partial charge is 0.196 e. The van der Waals surface area contributed by atoms with E-state index in [-0.39, 0.29) is 6.04 Å². The van der Waals surface area contributed by atoms with Crippen molar-refractivity contribution < 1.29 is 0 Å². The van der Waals surface area contributed by atoms with E-state index in [2.05, 4.69) is 19.9 Å². The molecule has 0 atom stereocenters. The highest BCUT2D eigenvalue weighted by Gasteiger charge is 2.33. The number of anilines is 1. The molecule has 29 heavy (non-hydrogen) atoms. The van der Waals surface area contributed by atoms with Crippen LogP contribution in [-0.4, -0.2) is 44.1 Å². The minimum absolute atomic E-state index is 0.174. The Bertz CT molecular complexity index is 1250. The Balaban J connectivity index is 1.44. The Morgan fingerprint density at radius 2 is 2.03 bits per heavy atom. The monoisotopic (exact) mass is 423 g/mol. The Labute approximate surface area is 176 Å². The lowest BCUT2D eigenvalue weighted by Gasteiger charge is -2.38. The van der Waals surface area contributed by atoms with E-state index in [4.69, 9.17) is 27.3 Å². The second-order valence-corrected chi connectivity index (χ2v) is 9.08. The van der Waals surface area contributed by atoms with Gasteiger partial charge >= 0.3 is 0 Å². The zero-order chi connectivity index (χ0) is 19.5. The third-order valence-electron chi connectivity index (χ3n) is 5.41. The maximum atomic E-state index is 6.74. The molecule has 0 unspecified atom stereocenters. The molecule has 6 rings (SSSR count). The highest BCUT2D eigenvalue weighted by molar-refractivity contribution is 7.99. The molecule has 1 saturated heterocycles. The van der Waals surface area contributed by atoms with Crippen LogP contribution >= 0.6 is 23.4 Å². The van der Waals surface area contributed by atoms with Gasteiger partial charge in [-0.2, -0.15) is 0 Å². The van der Waals surface area contributed by atoms with Gasteiger partial charge in [0.05, 0.1) is 21.4 Å². The van der Waals surface area contributed by atoms with Gasteiger partial charge in [0.1, 0.15) is 11.5 Å². The fraction of sp³-hybridized carbons (Fsp3) is 0.300. The number of nitrogens with zero attached hydrogens (tertiary/aromatic N) is 5. The summed E-state index contributed by atoms with van der Waals surface area (Å²) in [7, 11) is 0. The minimum Gasteiger partial charge on any atom is -0.353 e. The first kappa shape index (κ1) is 17.4. The van der Waals surface area contributed by atoms with Crippen molar-refractivity contribution in [2.45, 2.75) is 34.9 Å². The maximum absolute atomic E-state index is 6.74. The van der Waals surface area contributed by atoms with E-state index in [1.54, 1.807) is 6.20 Å². The number of aromatic amines is 1. The second kappa shape index (κ2) is 6.55. The molecule has 7 nitrogen and oxygen atoms in total. The standard InChI is InChI=1S/C20H18ClN7S/c21-16-15-18(25-17(16)10-3-4-10)26-20(27-19(15)28-8-11(22)9-28)29-12-6-14-13(24-7-12)2-1-5-23-14/h1-2,5-7,10-11H,3-4,8-9,22H2,(H,25,26,27). The predicted molar refractivity (Wildman–Crippen MR) is 115 cm³/mol. The first-order valence-corrected chi connectivity index (χ1v) is 10.8. The van der Waals surface area contributed by atoms with Gasteiger partial charge in [0.15, 0.2) is 5.16 Å². The summed E-state index contributed by atoms with van der Waals surface area (Å²) in [5.41, 5.74) is 9.61. The van der Waals surface area contributed by atoms with Crippen molar-refractivity contribution in [1.82, 2.24) is 24.9 Å². The molecule has 1 aliphatic carbocycles. The van der Waals surface area contributed by atoms with Crippen LogP contribution in [0.15, 0.2) is 40.6 Å². The van der Waals surface area contributed by atoms with Gasteiger partial charge in [-0.25, -0.2) is 9.97 Å². The van der Waals surface area contributed by atoms with Crippen molar-refractivity contribution in [3.8, 4) is 0 Å². The minimum atomic E-state index is 0.174. The van der Waals surface area contributed by atoms with Crippen LogP contribution in [0.1, 0.15) is 24.5 Å². The summed E-state index contributed by atoms with van der Waals surface area (Å²) in [6.07, 6.45) is 5.94. The van der Waals surface area contributed by atoms with Gasteiger partial charge < -0.3 is 15.6 Å². The molecule has 4 aromatic heterocycles. The summed E-state index contributed by atoms with van der Waals surface area (Å²) < 4.78 is 0. The van der Waals surface area contributed by atoms with Crippen molar-refractivity contribution >= 4 is 51.2 Å². The number of hydrogen-bond acceptors (Lipinski definition) is 7. The van der Waals surface area contributed by atoms with E-state index in [1.165, 1.54) is 24.6 Å². The molecule has 0 aromatic carbocycles. The highest BCUT2D eigenvalue weighted by Crippen LogP contribution is 2.47. The van der Waals surface area contributed by atoms with Gasteiger partial charge in [-0.1, -0.05) is 11.6 Å². The average Bonchev–Trinajstić information content (AvgIpc) is 3.49. The molecule has 0 radical (unpaired) electrons. The molecular weight excluding hydrogens is 406 g/mol. The summed E-state index contributed by atoms with van der Waals surface area (Å²) in [4.78, 5) is 25.1. The molecule has 3 N–H and O–H groups in total. The Morgan fingerprint density at radius 3 is 2.83 bits per heavy atom. The van der Waals surface area contributed by atoms with Crippen LogP contribution in [-0.2, 0) is 0 Å². The molecule has 1 saturated carbocycles. The van der Waals surface area contributed by atoms with Gasteiger partial charge in [0.25, 0.3) is 0 Å². The van der Waals surface area contributed by atoms with Crippen molar-refractivity contribution in [2.75, 3.05) is 18.0 Å². The van der Waals surface area contributed by atoms with Crippen LogP contribution in [0.25, 0.3) is 22.1 Å². The Kier molecular flexibility index (Phi) is 3.94. The molecule has 0 bridgehead atoms. The average molecular weight is 424 g/mol. The summed E-state index contributed by atoms with van der Waals surface area (Å²) in [6.45, 7) is 1.55. The summed E-state index contributed by atoms with van der Waals surface area (Å²) in [6, 6.07) is 6.02. The predicted octanol–water partition coefficient (Wildman–Crippen LogP) is 3.73. The van der Waals surface area contributed by atoms with Crippen LogP contribution in [0.3, 0.4) is 0 Å². The zero-order valence-electron chi connectivity index (χ0n) is 15.5. The fourth-order valence-corrected chi connectivity index (χ4v) is 4.88. The molecule has 0 spiro atoms. The first-order valence-electron chi connectivity index (χ1n) is 9.64. The van der Waals surface area contributed by atoms with E-state index in [0.29, 0.717) is 11.1 Å². The van der Waals surface area contributed by atoms with Crippen LogP contribution in [0.5, 0.6) is 0 Å². The van der Waals surface area contributed by atoms with Crippen molar-refractivity contribution in [2.24, 2.45) is 5.73 Å². The van der Waals surface area contributed by atoms with Gasteiger partial charge in [0, 0.05) is 48.0 Å². The number of rotatable bonds is 4. The van der Waals surface area contributed by atoms with Crippen molar-refractivity contribution in [3.05, 3.63) is 41.3 Å². The molecule has 9 heteroatoms. The van der Waals surface area contributed by atoms with Gasteiger partial charge in [-0.3, -0.25) is 9.97 Å². The lowest BCUT2D eigenvalue weighted by Crippen LogP contribution is -2.56. The summed E-state index contributed by atoms with van der Waals surface area (Å²) >= 11 is 8.22. The van der Waals surface area contributed by atoms with Crippen LogP contribution in [0, 0.1) is 0 Å². The molecule has 2 fully saturated rings. The number of nitrogens with two attached hydrogens (primary N) is 1. The normalized spacial score (nSPS) is 17.2. The van der Waals surface area contributed by atoms with Crippen molar-refractivity contribution in [1.29, 1.82) is 0 Å². The maximum Gasteiger partial charge on any atom is 0.196 e. The number of halogens is 1. The summed E-state index contributed by atoms with van der Waals surface area (Å²) in [5, 5.41) is 2.32. The third-order valence-corrected chi connectivity index (χ3v) is 6.63. The van der Waals surface area contributed by atoms with E-state index < -0.39 is 0 Å². The second-order valence-electron chi connectivity index (χ2n) is 7.66. The molecular formula is C20H18ClN7S. The van der Waals surface area contributed by atoms with E-state index in [0.717, 1.165) is 56.6 Å². The fourth-order valence-electron chi connectivity index (χ4n) is 3.75. The number of fused-ring (bicyclic) bond motifs is 2. The molecule has 0 amide bonds. The lowest BCUT2D eigenvalue weighted by molar-refractivity contribution is 0.514. The number of aromatic nitrogens is 5. The van der Waals surface area contributed by atoms with Gasteiger partial charge in [-0.15, -0.1) is 0 Å². The van der Waals surface area contributed by atoms with Crippen molar-refractivity contribution in [3.63, 3.8) is 0 Å². The highest BCUT2D eigenvalue weighted by atomic mass is 35.5. The number of hydrogen-bond donors (Lipinski definition) is 2. The topological polar surface area (TPSA) is 96.6 Å². The van der Waals surface area contributed by atoms with E-state index >= 15 is 0 Å². The quantitative estimate of drug-likeness (QED) is 0.482. The molecule has 2 aliphatic rings. The molecule has 4 aromatic rings. The molecule has 5 heterocycles. The summed E-state index contributed by atoms with van der Waals surface area (Å²) in [5.74, 6) is 1.37. The van der Waals surface area contributed by atoms with Crippen LogP contribution in [0.2, 0.25) is 5.02 Å².